The smallest absolute Gasteiger partial charge is 0.281 e. The molecular formula is C14H29N3O3S. The van der Waals surface area contributed by atoms with Crippen LogP contribution in [0, 0.1) is 5.92 Å². The molecule has 0 N–H and O–H groups in total. The minimum atomic E-state index is -3.36. The van der Waals surface area contributed by atoms with E-state index in [4.69, 9.17) is 0 Å². The van der Waals surface area contributed by atoms with Gasteiger partial charge in [-0.1, -0.05) is 13.8 Å². The molecule has 0 spiro atoms. The molecule has 1 heterocycles. The van der Waals surface area contributed by atoms with E-state index >= 15 is 0 Å². The number of rotatable bonds is 7. The molecule has 0 aromatic carbocycles. The fraction of sp³-hybridized carbons (Fsp3) is 0.929. The van der Waals surface area contributed by atoms with Gasteiger partial charge in [0, 0.05) is 45.2 Å². The lowest BCUT2D eigenvalue weighted by atomic mass is 9.96. The third-order valence-electron chi connectivity index (χ3n) is 4.24. The second kappa shape index (κ2) is 8.10. The van der Waals surface area contributed by atoms with Crippen LogP contribution >= 0.6 is 0 Å². The Morgan fingerprint density at radius 3 is 1.86 bits per heavy atom. The van der Waals surface area contributed by atoms with E-state index in [9.17, 15) is 13.2 Å². The molecule has 0 atom stereocenters. The van der Waals surface area contributed by atoms with Crippen LogP contribution < -0.4 is 0 Å². The Bertz CT molecular complexity index is 423. The van der Waals surface area contributed by atoms with E-state index in [-0.39, 0.29) is 11.8 Å². The van der Waals surface area contributed by atoms with Gasteiger partial charge in [-0.3, -0.25) is 4.79 Å². The summed E-state index contributed by atoms with van der Waals surface area (Å²) < 4.78 is 27.8. The lowest BCUT2D eigenvalue weighted by Crippen LogP contribution is -2.49. The molecule has 0 saturated carbocycles. The first kappa shape index (κ1) is 18.4. The van der Waals surface area contributed by atoms with Gasteiger partial charge < -0.3 is 4.90 Å². The number of amides is 1. The van der Waals surface area contributed by atoms with Gasteiger partial charge in [0.2, 0.25) is 5.91 Å². The quantitative estimate of drug-likeness (QED) is 0.707. The van der Waals surface area contributed by atoms with Crippen LogP contribution in [0.5, 0.6) is 0 Å². The van der Waals surface area contributed by atoms with Crippen LogP contribution in [0.25, 0.3) is 0 Å². The number of hydrogen-bond acceptors (Lipinski definition) is 3. The molecule has 0 bridgehead atoms. The Kier molecular flexibility index (Phi) is 7.09. The standard InChI is InChI=1S/C14H29N3O3S/c1-5-15(6-2)14(18)13-9-11-17(12-10-13)21(19,20)16(7-3)8-4/h13H,5-12H2,1-4H3. The number of carbonyl (C=O) groups is 1. The summed E-state index contributed by atoms with van der Waals surface area (Å²) in [7, 11) is -3.36. The second-order valence-electron chi connectivity index (χ2n) is 5.28. The lowest BCUT2D eigenvalue weighted by Gasteiger charge is -2.35. The van der Waals surface area contributed by atoms with Crippen LogP contribution in [0.1, 0.15) is 40.5 Å². The Morgan fingerprint density at radius 2 is 1.48 bits per heavy atom. The molecule has 0 aromatic heterocycles. The summed E-state index contributed by atoms with van der Waals surface area (Å²) in [6.07, 6.45) is 1.24. The van der Waals surface area contributed by atoms with Crippen molar-refractivity contribution in [1.82, 2.24) is 13.5 Å². The summed E-state index contributed by atoms with van der Waals surface area (Å²) in [6, 6.07) is 0. The first-order valence-corrected chi connectivity index (χ1v) is 9.35. The normalized spacial score (nSPS) is 18.1. The van der Waals surface area contributed by atoms with Crippen molar-refractivity contribution < 1.29 is 13.2 Å². The zero-order valence-corrected chi connectivity index (χ0v) is 14.5. The average Bonchev–Trinajstić information content (AvgIpc) is 2.49. The summed E-state index contributed by atoms with van der Waals surface area (Å²) in [6.45, 7) is 10.9. The van der Waals surface area contributed by atoms with Crippen molar-refractivity contribution in [3.05, 3.63) is 0 Å². The minimum Gasteiger partial charge on any atom is -0.343 e. The number of carbonyl (C=O) groups excluding carboxylic acids is 1. The molecule has 0 aromatic rings. The Labute approximate surface area is 129 Å². The first-order chi connectivity index (χ1) is 9.92. The Balaban J connectivity index is 2.66. The molecule has 0 radical (unpaired) electrons. The van der Waals surface area contributed by atoms with Crippen LogP contribution in [0.3, 0.4) is 0 Å². The van der Waals surface area contributed by atoms with E-state index in [1.807, 2.05) is 32.6 Å². The van der Waals surface area contributed by atoms with Gasteiger partial charge in [-0.05, 0) is 26.7 Å². The van der Waals surface area contributed by atoms with Crippen molar-refractivity contribution in [3.63, 3.8) is 0 Å². The van der Waals surface area contributed by atoms with Crippen molar-refractivity contribution >= 4 is 16.1 Å². The molecule has 0 aliphatic carbocycles. The summed E-state index contributed by atoms with van der Waals surface area (Å²) >= 11 is 0. The highest BCUT2D eigenvalue weighted by Gasteiger charge is 2.34. The van der Waals surface area contributed by atoms with Gasteiger partial charge >= 0.3 is 0 Å². The zero-order valence-electron chi connectivity index (χ0n) is 13.7. The topological polar surface area (TPSA) is 60.9 Å². The minimum absolute atomic E-state index is 0.0342. The van der Waals surface area contributed by atoms with Crippen molar-refractivity contribution in [2.45, 2.75) is 40.5 Å². The van der Waals surface area contributed by atoms with Gasteiger partial charge in [0.1, 0.15) is 0 Å². The summed E-state index contributed by atoms with van der Waals surface area (Å²) in [5, 5.41) is 0. The summed E-state index contributed by atoms with van der Waals surface area (Å²) in [5.74, 6) is 0.132. The van der Waals surface area contributed by atoms with E-state index in [2.05, 4.69) is 0 Å². The van der Waals surface area contributed by atoms with E-state index in [0.29, 0.717) is 52.1 Å². The molecule has 1 amide bonds. The van der Waals surface area contributed by atoms with Crippen LogP contribution in [-0.2, 0) is 15.0 Å². The maximum Gasteiger partial charge on any atom is 0.281 e. The van der Waals surface area contributed by atoms with Crippen LogP contribution in [0.4, 0.5) is 0 Å². The molecule has 1 aliphatic heterocycles. The number of hydrogen-bond donors (Lipinski definition) is 0. The highest BCUT2D eigenvalue weighted by atomic mass is 32.2. The average molecular weight is 319 g/mol. The molecular weight excluding hydrogens is 290 g/mol. The van der Waals surface area contributed by atoms with Gasteiger partial charge in [-0.25, -0.2) is 0 Å². The Morgan fingerprint density at radius 1 is 1.00 bits per heavy atom. The molecule has 7 heteroatoms. The van der Waals surface area contributed by atoms with Gasteiger partial charge in [0.05, 0.1) is 0 Å². The molecule has 1 fully saturated rings. The summed E-state index contributed by atoms with van der Waals surface area (Å²) in [5.41, 5.74) is 0. The highest BCUT2D eigenvalue weighted by Crippen LogP contribution is 2.23. The monoisotopic (exact) mass is 319 g/mol. The predicted molar refractivity (Wildman–Crippen MR) is 84.1 cm³/mol. The summed E-state index contributed by atoms with van der Waals surface area (Å²) in [4.78, 5) is 14.1. The second-order valence-corrected chi connectivity index (χ2v) is 7.20. The molecule has 124 valence electrons. The van der Waals surface area contributed by atoms with Crippen LogP contribution in [-0.4, -0.2) is 67.1 Å². The number of nitrogens with zero attached hydrogens (tertiary/aromatic N) is 3. The third kappa shape index (κ3) is 4.17. The van der Waals surface area contributed by atoms with Crippen molar-refractivity contribution in [2.75, 3.05) is 39.3 Å². The van der Waals surface area contributed by atoms with E-state index in [1.54, 1.807) is 0 Å². The van der Waals surface area contributed by atoms with E-state index in [0.717, 1.165) is 0 Å². The number of piperidine rings is 1. The maximum absolute atomic E-state index is 12.4. The SMILES string of the molecule is CCN(CC)C(=O)C1CCN(S(=O)(=O)N(CC)CC)CC1. The maximum atomic E-state index is 12.4. The lowest BCUT2D eigenvalue weighted by molar-refractivity contribution is -0.136. The first-order valence-electron chi connectivity index (χ1n) is 7.96. The molecule has 21 heavy (non-hydrogen) atoms. The van der Waals surface area contributed by atoms with Gasteiger partial charge in [-0.2, -0.15) is 17.0 Å². The Hall–Kier alpha value is -0.660. The molecule has 6 nitrogen and oxygen atoms in total. The third-order valence-corrected chi connectivity index (χ3v) is 6.42. The van der Waals surface area contributed by atoms with Gasteiger partial charge in [0.15, 0.2) is 0 Å². The highest BCUT2D eigenvalue weighted by molar-refractivity contribution is 7.86. The van der Waals surface area contributed by atoms with Crippen molar-refractivity contribution in [2.24, 2.45) is 5.92 Å². The van der Waals surface area contributed by atoms with Crippen molar-refractivity contribution in [1.29, 1.82) is 0 Å². The van der Waals surface area contributed by atoms with Gasteiger partial charge in [-0.15, -0.1) is 0 Å². The molecule has 1 rings (SSSR count). The van der Waals surface area contributed by atoms with E-state index in [1.165, 1.54) is 8.61 Å². The van der Waals surface area contributed by atoms with Crippen molar-refractivity contribution in [3.8, 4) is 0 Å². The molecule has 1 aliphatic rings. The fourth-order valence-corrected chi connectivity index (χ4v) is 4.49. The zero-order chi connectivity index (χ0) is 16.0. The largest absolute Gasteiger partial charge is 0.343 e. The molecule has 0 unspecified atom stereocenters. The van der Waals surface area contributed by atoms with Crippen LogP contribution in [0.15, 0.2) is 0 Å². The predicted octanol–water partition coefficient (Wildman–Crippen LogP) is 1.15. The molecule has 1 saturated heterocycles. The van der Waals surface area contributed by atoms with Gasteiger partial charge in [0.25, 0.3) is 10.2 Å². The fourth-order valence-electron chi connectivity index (χ4n) is 2.84. The van der Waals surface area contributed by atoms with E-state index < -0.39 is 10.2 Å². The van der Waals surface area contributed by atoms with Crippen LogP contribution in [0.2, 0.25) is 0 Å².